The number of hydrogen-bond acceptors (Lipinski definition) is 4. The number of aliphatic hydroxyl groups excluding tert-OH is 1. The molecule has 0 bridgehead atoms. The summed E-state index contributed by atoms with van der Waals surface area (Å²) in [5, 5.41) is 14.4. The van der Waals surface area contributed by atoms with Crippen molar-refractivity contribution in [3.05, 3.63) is 0 Å². The van der Waals surface area contributed by atoms with E-state index in [2.05, 4.69) is 10.6 Å². The molecule has 3 N–H and O–H groups in total. The Kier molecular flexibility index (Phi) is 6.84. The van der Waals surface area contributed by atoms with Crippen molar-refractivity contribution in [2.24, 2.45) is 0 Å². The van der Waals surface area contributed by atoms with Crippen LogP contribution in [0, 0.1) is 0 Å². The van der Waals surface area contributed by atoms with Crippen LogP contribution in [-0.2, 0) is 4.74 Å². The molecule has 0 aromatic heterocycles. The van der Waals surface area contributed by atoms with Crippen LogP contribution in [0.4, 0.5) is 0 Å². The van der Waals surface area contributed by atoms with E-state index >= 15 is 0 Å². The molecule has 4 heteroatoms. The van der Waals surface area contributed by atoms with Crippen LogP contribution in [-0.4, -0.2) is 38.3 Å². The van der Waals surface area contributed by atoms with E-state index in [-0.39, 0.29) is 12.8 Å². The average molecular weight is 148 g/mol. The van der Waals surface area contributed by atoms with Crippen LogP contribution in [0.15, 0.2) is 0 Å². The minimum atomic E-state index is -0.238. The van der Waals surface area contributed by atoms with Gasteiger partial charge in [-0.05, 0) is 13.6 Å². The molecule has 62 valence electrons. The van der Waals surface area contributed by atoms with Crippen molar-refractivity contribution in [3.63, 3.8) is 0 Å². The molecule has 1 unspecified atom stereocenters. The van der Waals surface area contributed by atoms with Gasteiger partial charge in [-0.3, -0.25) is 10.6 Å². The zero-order valence-electron chi connectivity index (χ0n) is 6.55. The molecular formula is C6H16N2O2. The normalized spacial score (nSPS) is 13.5. The van der Waals surface area contributed by atoms with Crippen LogP contribution < -0.4 is 10.6 Å². The predicted molar refractivity (Wildman–Crippen MR) is 39.6 cm³/mol. The monoisotopic (exact) mass is 148 g/mol. The van der Waals surface area contributed by atoms with Crippen molar-refractivity contribution in [3.8, 4) is 0 Å². The van der Waals surface area contributed by atoms with Crippen LogP contribution in [0.5, 0.6) is 0 Å². The molecule has 0 radical (unpaired) electrons. The lowest BCUT2D eigenvalue weighted by atomic mass is 10.5. The molecule has 0 amide bonds. The molecule has 0 aliphatic rings. The lowest BCUT2D eigenvalue weighted by molar-refractivity contribution is -0.0131. The van der Waals surface area contributed by atoms with Crippen molar-refractivity contribution in [1.29, 1.82) is 0 Å². The molecule has 0 heterocycles. The molecule has 0 saturated carbocycles. The first-order valence-electron chi connectivity index (χ1n) is 3.45. The Hall–Kier alpha value is -0.160. The van der Waals surface area contributed by atoms with E-state index in [0.717, 1.165) is 6.54 Å². The van der Waals surface area contributed by atoms with E-state index in [1.165, 1.54) is 0 Å². The zero-order valence-corrected chi connectivity index (χ0v) is 6.55. The number of aliphatic hydroxyl groups is 1. The highest BCUT2D eigenvalue weighted by atomic mass is 16.5. The minimum absolute atomic E-state index is 0.00944. The lowest BCUT2D eigenvalue weighted by Gasteiger charge is -2.14. The van der Waals surface area contributed by atoms with Crippen molar-refractivity contribution < 1.29 is 9.84 Å². The first-order chi connectivity index (χ1) is 4.85. The molecule has 4 nitrogen and oxygen atoms in total. The van der Waals surface area contributed by atoms with Crippen LogP contribution in [0.1, 0.15) is 6.92 Å². The standard InChI is InChI=1S/C6H16N2O2/c1-3-8-6(4-9)10-5-7-2/h6-9H,3-5H2,1-2H3. The Morgan fingerprint density at radius 2 is 2.30 bits per heavy atom. The summed E-state index contributed by atoms with van der Waals surface area (Å²) in [5.41, 5.74) is 0. The van der Waals surface area contributed by atoms with Gasteiger partial charge in [-0.1, -0.05) is 6.92 Å². The summed E-state index contributed by atoms with van der Waals surface area (Å²) >= 11 is 0. The Morgan fingerprint density at radius 3 is 2.70 bits per heavy atom. The second-order valence-electron chi connectivity index (χ2n) is 1.89. The molecule has 0 fully saturated rings. The Labute approximate surface area is 61.6 Å². The summed E-state index contributed by atoms with van der Waals surface area (Å²) in [4.78, 5) is 0. The van der Waals surface area contributed by atoms with E-state index in [1.807, 2.05) is 6.92 Å². The zero-order chi connectivity index (χ0) is 7.82. The Bertz CT molecular complexity index is 70.8. The molecule has 0 aromatic carbocycles. The summed E-state index contributed by atoms with van der Waals surface area (Å²) < 4.78 is 5.11. The van der Waals surface area contributed by atoms with Crippen LogP contribution >= 0.6 is 0 Å². The first kappa shape index (κ1) is 9.84. The molecular weight excluding hydrogens is 132 g/mol. The van der Waals surface area contributed by atoms with E-state index < -0.39 is 0 Å². The first-order valence-corrected chi connectivity index (χ1v) is 3.45. The number of ether oxygens (including phenoxy) is 1. The molecule has 0 spiro atoms. The van der Waals surface area contributed by atoms with Crippen molar-refractivity contribution >= 4 is 0 Å². The summed E-state index contributed by atoms with van der Waals surface area (Å²) in [6.45, 7) is 3.23. The molecule has 10 heavy (non-hydrogen) atoms. The van der Waals surface area contributed by atoms with Crippen LogP contribution in [0.3, 0.4) is 0 Å². The fourth-order valence-corrected chi connectivity index (χ4v) is 0.588. The van der Waals surface area contributed by atoms with Gasteiger partial charge < -0.3 is 9.84 Å². The molecule has 0 aliphatic carbocycles. The van der Waals surface area contributed by atoms with Gasteiger partial charge in [0.1, 0.15) is 6.23 Å². The number of nitrogens with one attached hydrogen (secondary N) is 2. The lowest BCUT2D eigenvalue weighted by Crippen LogP contribution is -2.36. The molecule has 0 aromatic rings. The predicted octanol–water partition coefficient (Wildman–Crippen LogP) is -0.892. The van der Waals surface area contributed by atoms with Crippen LogP contribution in [0.25, 0.3) is 0 Å². The SMILES string of the molecule is CCNC(CO)OCNC. The third-order valence-corrected chi connectivity index (χ3v) is 1.03. The van der Waals surface area contributed by atoms with Gasteiger partial charge in [0.05, 0.1) is 13.3 Å². The largest absolute Gasteiger partial charge is 0.392 e. The van der Waals surface area contributed by atoms with Gasteiger partial charge in [0.2, 0.25) is 0 Å². The van der Waals surface area contributed by atoms with E-state index in [0.29, 0.717) is 6.73 Å². The highest BCUT2D eigenvalue weighted by Crippen LogP contribution is 1.82. The third kappa shape index (κ3) is 4.69. The van der Waals surface area contributed by atoms with E-state index in [1.54, 1.807) is 7.05 Å². The van der Waals surface area contributed by atoms with Crippen molar-refractivity contribution in [2.75, 3.05) is 26.9 Å². The fraction of sp³-hybridized carbons (Fsp3) is 1.00. The average Bonchev–Trinajstić information content (AvgIpc) is 1.98. The van der Waals surface area contributed by atoms with Gasteiger partial charge in [-0.2, -0.15) is 0 Å². The van der Waals surface area contributed by atoms with Gasteiger partial charge in [-0.15, -0.1) is 0 Å². The number of rotatable bonds is 6. The summed E-state index contributed by atoms with van der Waals surface area (Å²) in [6, 6.07) is 0. The number of likely N-dealkylation sites (N-methyl/N-ethyl adjacent to an activating group) is 1. The van der Waals surface area contributed by atoms with Gasteiger partial charge in [-0.25, -0.2) is 0 Å². The van der Waals surface area contributed by atoms with Gasteiger partial charge in [0, 0.05) is 0 Å². The third-order valence-electron chi connectivity index (χ3n) is 1.03. The quantitative estimate of drug-likeness (QED) is 0.428. The van der Waals surface area contributed by atoms with E-state index in [4.69, 9.17) is 9.84 Å². The maximum absolute atomic E-state index is 8.67. The van der Waals surface area contributed by atoms with Gasteiger partial charge in [0.25, 0.3) is 0 Å². The minimum Gasteiger partial charge on any atom is -0.392 e. The molecule has 0 aliphatic heterocycles. The fourth-order valence-electron chi connectivity index (χ4n) is 0.588. The van der Waals surface area contributed by atoms with Gasteiger partial charge >= 0.3 is 0 Å². The Morgan fingerprint density at radius 1 is 1.60 bits per heavy atom. The van der Waals surface area contributed by atoms with Crippen molar-refractivity contribution in [1.82, 2.24) is 10.6 Å². The van der Waals surface area contributed by atoms with Crippen LogP contribution in [0.2, 0.25) is 0 Å². The molecule has 0 saturated heterocycles. The summed E-state index contributed by atoms with van der Waals surface area (Å²) in [7, 11) is 1.79. The van der Waals surface area contributed by atoms with Crippen molar-refractivity contribution in [2.45, 2.75) is 13.2 Å². The number of hydrogen-bond donors (Lipinski definition) is 3. The maximum Gasteiger partial charge on any atom is 0.133 e. The maximum atomic E-state index is 8.67. The second kappa shape index (κ2) is 6.95. The highest BCUT2D eigenvalue weighted by molar-refractivity contribution is 4.49. The topological polar surface area (TPSA) is 53.5 Å². The molecule has 1 atom stereocenters. The van der Waals surface area contributed by atoms with E-state index in [9.17, 15) is 0 Å². The smallest absolute Gasteiger partial charge is 0.133 e. The summed E-state index contributed by atoms with van der Waals surface area (Å²) in [5.74, 6) is 0. The second-order valence-corrected chi connectivity index (χ2v) is 1.89. The highest BCUT2D eigenvalue weighted by Gasteiger charge is 2.02. The summed E-state index contributed by atoms with van der Waals surface area (Å²) in [6.07, 6.45) is -0.238. The molecule has 0 rings (SSSR count). The Balaban J connectivity index is 3.21. The van der Waals surface area contributed by atoms with Gasteiger partial charge in [0.15, 0.2) is 0 Å².